The van der Waals surface area contributed by atoms with E-state index in [9.17, 15) is 8.42 Å². The summed E-state index contributed by atoms with van der Waals surface area (Å²) in [4.78, 5) is 4.13. The molecule has 0 atom stereocenters. The molecule has 0 amide bonds. The molecule has 3 aromatic rings. The van der Waals surface area contributed by atoms with Gasteiger partial charge in [-0.15, -0.1) is 0 Å². The van der Waals surface area contributed by atoms with Crippen LogP contribution >= 0.6 is 27.7 Å². The second-order valence-corrected chi connectivity index (χ2v) is 6.83. The Kier molecular flexibility index (Phi) is 3.40. The zero-order valence-corrected chi connectivity index (χ0v) is 13.0. The van der Waals surface area contributed by atoms with Crippen LogP contribution < -0.4 is 4.72 Å². The zero-order chi connectivity index (χ0) is 14.2. The summed E-state index contributed by atoms with van der Waals surface area (Å²) < 4.78 is 35.8. The summed E-state index contributed by atoms with van der Waals surface area (Å²) in [6, 6.07) is 9.82. The molecule has 0 aliphatic carbocycles. The van der Waals surface area contributed by atoms with Crippen molar-refractivity contribution in [2.75, 3.05) is 4.72 Å². The number of aromatic nitrogens is 3. The van der Waals surface area contributed by atoms with Crippen LogP contribution in [0.1, 0.15) is 0 Å². The van der Waals surface area contributed by atoms with Crippen LogP contribution in [-0.2, 0) is 10.0 Å². The Morgan fingerprint density at radius 3 is 2.70 bits per heavy atom. The average molecular weight is 371 g/mol. The van der Waals surface area contributed by atoms with Gasteiger partial charge in [0.1, 0.15) is 26.3 Å². The summed E-state index contributed by atoms with van der Waals surface area (Å²) >= 11 is 4.17. The van der Waals surface area contributed by atoms with Crippen molar-refractivity contribution in [3.05, 3.63) is 41.0 Å². The third kappa shape index (κ3) is 2.51. The second-order valence-electron chi connectivity index (χ2n) is 3.84. The molecule has 20 heavy (non-hydrogen) atoms. The molecule has 0 unspecified atom stereocenters. The molecule has 3 rings (SSSR count). The third-order valence-electron chi connectivity index (χ3n) is 2.49. The predicted molar refractivity (Wildman–Crippen MR) is 80.2 cm³/mol. The Bertz CT molecular complexity index is 879. The number of hydrogen-bond acceptors (Lipinski definition) is 6. The van der Waals surface area contributed by atoms with Crippen molar-refractivity contribution < 1.29 is 8.42 Å². The number of sulfonamides is 1. The molecular formula is C11H7BrN4O2S2. The van der Waals surface area contributed by atoms with E-state index in [4.69, 9.17) is 0 Å². The molecule has 0 saturated carbocycles. The lowest BCUT2D eigenvalue weighted by molar-refractivity contribution is 0.601. The number of hydrogen-bond donors (Lipinski definition) is 1. The highest BCUT2D eigenvalue weighted by Gasteiger charge is 2.20. The quantitative estimate of drug-likeness (QED) is 0.716. The summed E-state index contributed by atoms with van der Waals surface area (Å²) in [5.74, 6) is 0.236. The van der Waals surface area contributed by atoms with Gasteiger partial charge in [0.2, 0.25) is 0 Å². The monoisotopic (exact) mass is 370 g/mol. The molecule has 0 saturated heterocycles. The van der Waals surface area contributed by atoms with Crippen molar-refractivity contribution in [2.24, 2.45) is 0 Å². The minimum Gasteiger partial charge on any atom is -0.263 e. The summed E-state index contributed by atoms with van der Waals surface area (Å²) in [6.07, 6.45) is 0. The summed E-state index contributed by atoms with van der Waals surface area (Å²) in [7, 11) is -3.76. The molecule has 0 bridgehead atoms. The van der Waals surface area contributed by atoms with Gasteiger partial charge in [-0.05, 0) is 40.2 Å². The van der Waals surface area contributed by atoms with Crippen LogP contribution in [0.3, 0.4) is 0 Å². The molecule has 0 spiro atoms. The van der Waals surface area contributed by atoms with E-state index >= 15 is 0 Å². The second kappa shape index (κ2) is 5.08. The molecule has 0 aliphatic rings. The lowest BCUT2D eigenvalue weighted by atomic mass is 10.3. The van der Waals surface area contributed by atoms with Crippen molar-refractivity contribution in [1.29, 1.82) is 0 Å². The van der Waals surface area contributed by atoms with Gasteiger partial charge in [0.05, 0.1) is 11.7 Å². The highest BCUT2D eigenvalue weighted by Crippen LogP contribution is 2.23. The number of benzene rings is 1. The molecule has 0 aliphatic heterocycles. The fourth-order valence-electron chi connectivity index (χ4n) is 1.66. The topological polar surface area (TPSA) is 84.8 Å². The van der Waals surface area contributed by atoms with Crippen molar-refractivity contribution in [2.45, 2.75) is 4.90 Å². The third-order valence-corrected chi connectivity index (χ3v) is 4.86. The van der Waals surface area contributed by atoms with Crippen LogP contribution in [0.4, 0.5) is 5.82 Å². The Balaban J connectivity index is 2.06. The predicted octanol–water partition coefficient (Wildman–Crippen LogP) is 2.65. The lowest BCUT2D eigenvalue weighted by Crippen LogP contribution is -2.14. The lowest BCUT2D eigenvalue weighted by Gasteiger charge is -2.07. The van der Waals surface area contributed by atoms with Gasteiger partial charge >= 0.3 is 0 Å². The van der Waals surface area contributed by atoms with Crippen LogP contribution in [0, 0.1) is 0 Å². The molecule has 0 radical (unpaired) electrons. The van der Waals surface area contributed by atoms with E-state index in [0.29, 0.717) is 15.6 Å². The number of fused-ring (bicyclic) bond motifs is 1. The first-order valence-corrected chi connectivity index (χ1v) is 8.43. The van der Waals surface area contributed by atoms with Crippen LogP contribution in [0.15, 0.2) is 45.9 Å². The summed E-state index contributed by atoms with van der Waals surface area (Å²) in [5, 5.41) is 0. The maximum atomic E-state index is 12.4. The summed E-state index contributed by atoms with van der Waals surface area (Å²) in [6.45, 7) is 0. The van der Waals surface area contributed by atoms with E-state index in [2.05, 4.69) is 34.4 Å². The highest BCUT2D eigenvalue weighted by atomic mass is 79.9. The van der Waals surface area contributed by atoms with E-state index in [1.807, 2.05) is 0 Å². The van der Waals surface area contributed by atoms with Gasteiger partial charge in [-0.1, -0.05) is 12.1 Å². The van der Waals surface area contributed by atoms with Crippen molar-refractivity contribution in [1.82, 2.24) is 13.7 Å². The van der Waals surface area contributed by atoms with Gasteiger partial charge in [-0.3, -0.25) is 4.72 Å². The first-order valence-electron chi connectivity index (χ1n) is 5.43. The van der Waals surface area contributed by atoms with E-state index in [1.54, 1.807) is 30.3 Å². The van der Waals surface area contributed by atoms with E-state index in [-0.39, 0.29) is 10.7 Å². The number of halogens is 1. The first kappa shape index (κ1) is 13.4. The number of nitrogens with zero attached hydrogens (tertiary/aromatic N) is 3. The molecule has 9 heteroatoms. The highest BCUT2D eigenvalue weighted by molar-refractivity contribution is 9.10. The molecule has 1 aromatic carbocycles. The minimum atomic E-state index is -3.76. The van der Waals surface area contributed by atoms with Crippen molar-refractivity contribution in [3.8, 4) is 0 Å². The van der Waals surface area contributed by atoms with E-state index in [0.717, 1.165) is 11.7 Å². The van der Waals surface area contributed by atoms with Crippen LogP contribution in [-0.4, -0.2) is 22.1 Å². The molecule has 2 heterocycles. The molecular weight excluding hydrogens is 364 g/mol. The largest absolute Gasteiger partial charge is 0.265 e. The SMILES string of the molecule is O=S(=O)(Nc1cccc(Br)n1)c1cccc2nsnc12. The average Bonchev–Trinajstić information content (AvgIpc) is 2.85. The molecule has 6 nitrogen and oxygen atoms in total. The fraction of sp³-hybridized carbons (Fsp3) is 0. The maximum absolute atomic E-state index is 12.4. The summed E-state index contributed by atoms with van der Waals surface area (Å²) in [5.41, 5.74) is 0.917. The van der Waals surface area contributed by atoms with Crippen LogP contribution in [0.2, 0.25) is 0 Å². The fourth-order valence-corrected chi connectivity index (χ4v) is 3.77. The van der Waals surface area contributed by atoms with Crippen LogP contribution in [0.25, 0.3) is 11.0 Å². The Labute approximate surface area is 127 Å². The first-order chi connectivity index (χ1) is 9.56. The van der Waals surface area contributed by atoms with Gasteiger partial charge in [0, 0.05) is 0 Å². The minimum absolute atomic E-state index is 0.0884. The molecule has 1 N–H and O–H groups in total. The molecule has 0 fully saturated rings. The molecule has 2 aromatic heterocycles. The Morgan fingerprint density at radius 1 is 1.10 bits per heavy atom. The van der Waals surface area contributed by atoms with E-state index in [1.165, 1.54) is 6.07 Å². The smallest absolute Gasteiger partial charge is 0.263 e. The van der Waals surface area contributed by atoms with Crippen LogP contribution in [0.5, 0.6) is 0 Å². The molecule has 102 valence electrons. The number of pyridine rings is 1. The van der Waals surface area contributed by atoms with Gasteiger partial charge in [0.25, 0.3) is 10.0 Å². The van der Waals surface area contributed by atoms with Gasteiger partial charge in [-0.2, -0.15) is 8.75 Å². The van der Waals surface area contributed by atoms with Crippen molar-refractivity contribution in [3.63, 3.8) is 0 Å². The number of nitrogens with one attached hydrogen (secondary N) is 1. The Hall–Kier alpha value is -1.58. The Morgan fingerprint density at radius 2 is 1.90 bits per heavy atom. The van der Waals surface area contributed by atoms with Gasteiger partial charge in [-0.25, -0.2) is 13.4 Å². The van der Waals surface area contributed by atoms with Crippen molar-refractivity contribution >= 4 is 54.5 Å². The maximum Gasteiger partial charge on any atom is 0.265 e. The zero-order valence-electron chi connectivity index (χ0n) is 9.82. The van der Waals surface area contributed by atoms with E-state index < -0.39 is 10.0 Å². The number of anilines is 1. The van der Waals surface area contributed by atoms with Gasteiger partial charge < -0.3 is 0 Å². The van der Waals surface area contributed by atoms with Gasteiger partial charge in [0.15, 0.2) is 0 Å². The normalized spacial score (nSPS) is 11.7. The standard InChI is InChI=1S/C11H7BrN4O2S2/c12-9-5-2-6-10(13-9)16-20(17,18)8-4-1-3-7-11(8)15-19-14-7/h1-6H,(H,13,16). The number of rotatable bonds is 3.